The third-order valence-electron chi connectivity index (χ3n) is 3.53. The number of anilines is 1. The Hall–Kier alpha value is -2.31. The first-order valence-electron chi connectivity index (χ1n) is 6.33. The summed E-state index contributed by atoms with van der Waals surface area (Å²) in [6.45, 7) is 2.19. The summed E-state index contributed by atoms with van der Waals surface area (Å²) >= 11 is 0. The highest BCUT2D eigenvalue weighted by Gasteiger charge is 2.38. The summed E-state index contributed by atoms with van der Waals surface area (Å²) in [6, 6.07) is 2.69. The number of aromatic nitrogens is 1. The van der Waals surface area contributed by atoms with Gasteiger partial charge in [-0.2, -0.15) is 0 Å². The molecule has 1 aliphatic heterocycles. The monoisotopic (exact) mass is 279 g/mol. The smallest absolute Gasteiger partial charge is 0.322 e. The Bertz CT molecular complexity index is 503. The van der Waals surface area contributed by atoms with Gasteiger partial charge in [0.1, 0.15) is 0 Å². The molecule has 1 aliphatic rings. The molecule has 108 valence electrons. The molecule has 2 unspecified atom stereocenters. The molecular formula is C13H17N3O4. The van der Waals surface area contributed by atoms with Gasteiger partial charge in [0.25, 0.3) is 0 Å². The summed E-state index contributed by atoms with van der Waals surface area (Å²) in [5.41, 5.74) is 0.543. The van der Waals surface area contributed by atoms with Crippen LogP contribution in [0.4, 0.5) is 10.5 Å². The minimum Gasteiger partial charge on any atom is -0.481 e. The van der Waals surface area contributed by atoms with Crippen LogP contribution >= 0.6 is 0 Å². The molecule has 20 heavy (non-hydrogen) atoms. The minimum absolute atomic E-state index is 0.312. The second kappa shape index (κ2) is 5.77. The van der Waals surface area contributed by atoms with Crippen LogP contribution in [0, 0.1) is 5.92 Å². The second-order valence-corrected chi connectivity index (χ2v) is 4.69. The lowest BCUT2D eigenvalue weighted by Crippen LogP contribution is -2.40. The number of likely N-dealkylation sites (tertiary alicyclic amines) is 1. The van der Waals surface area contributed by atoms with Gasteiger partial charge >= 0.3 is 12.0 Å². The van der Waals surface area contributed by atoms with Crippen molar-refractivity contribution in [3.05, 3.63) is 18.3 Å². The van der Waals surface area contributed by atoms with Crippen LogP contribution in [0.15, 0.2) is 18.3 Å². The molecule has 1 saturated heterocycles. The van der Waals surface area contributed by atoms with Crippen molar-refractivity contribution >= 4 is 17.7 Å². The number of ether oxygens (including phenoxy) is 1. The van der Waals surface area contributed by atoms with Gasteiger partial charge in [0.05, 0.1) is 24.9 Å². The number of methoxy groups -OCH3 is 1. The number of nitrogens with one attached hydrogen (secondary N) is 1. The van der Waals surface area contributed by atoms with Crippen LogP contribution in [0.5, 0.6) is 5.88 Å². The number of carboxylic acids is 1. The zero-order valence-corrected chi connectivity index (χ0v) is 11.4. The molecule has 2 N–H and O–H groups in total. The summed E-state index contributed by atoms with van der Waals surface area (Å²) < 4.78 is 4.93. The van der Waals surface area contributed by atoms with E-state index in [0.717, 1.165) is 0 Å². The van der Waals surface area contributed by atoms with Gasteiger partial charge in [-0.15, -0.1) is 0 Å². The fourth-order valence-corrected chi connectivity index (χ4v) is 2.33. The van der Waals surface area contributed by atoms with Crippen LogP contribution in [0.25, 0.3) is 0 Å². The molecule has 0 aliphatic carbocycles. The average molecular weight is 279 g/mol. The summed E-state index contributed by atoms with van der Waals surface area (Å²) in [5, 5.41) is 11.7. The van der Waals surface area contributed by atoms with Crippen LogP contribution in [-0.4, -0.2) is 46.7 Å². The van der Waals surface area contributed by atoms with Gasteiger partial charge < -0.3 is 20.1 Å². The molecule has 0 saturated carbocycles. The number of hydrogen-bond acceptors (Lipinski definition) is 4. The molecule has 7 nitrogen and oxygen atoms in total. The summed E-state index contributed by atoms with van der Waals surface area (Å²) in [6.07, 6.45) is 1.97. The van der Waals surface area contributed by atoms with E-state index in [1.54, 1.807) is 19.1 Å². The van der Waals surface area contributed by atoms with E-state index in [1.807, 2.05) is 0 Å². The van der Waals surface area contributed by atoms with Crippen LogP contribution < -0.4 is 10.1 Å². The van der Waals surface area contributed by atoms with E-state index in [4.69, 9.17) is 9.84 Å². The van der Waals surface area contributed by atoms with Crippen LogP contribution in [0.1, 0.15) is 13.3 Å². The van der Waals surface area contributed by atoms with E-state index in [0.29, 0.717) is 24.5 Å². The predicted octanol–water partition coefficient (Wildman–Crippen LogP) is 1.42. The van der Waals surface area contributed by atoms with Crippen molar-refractivity contribution in [3.8, 4) is 5.88 Å². The normalized spacial score (nSPS) is 21.6. The largest absolute Gasteiger partial charge is 0.481 e. The molecular weight excluding hydrogens is 262 g/mol. The van der Waals surface area contributed by atoms with Gasteiger partial charge in [-0.3, -0.25) is 4.79 Å². The highest BCUT2D eigenvalue weighted by molar-refractivity contribution is 5.90. The van der Waals surface area contributed by atoms with Gasteiger partial charge in [0.2, 0.25) is 5.88 Å². The minimum atomic E-state index is -0.862. The molecule has 2 heterocycles. The lowest BCUT2D eigenvalue weighted by Gasteiger charge is -2.23. The SMILES string of the molecule is COc1ccc(NC(=O)N2CCC(C(=O)O)C2C)cn1. The van der Waals surface area contributed by atoms with Gasteiger partial charge in [0.15, 0.2) is 0 Å². The Balaban J connectivity index is 1.99. The predicted molar refractivity (Wildman–Crippen MR) is 71.7 cm³/mol. The van der Waals surface area contributed by atoms with Crippen molar-refractivity contribution in [2.45, 2.75) is 19.4 Å². The molecule has 7 heteroatoms. The van der Waals surface area contributed by atoms with Crippen molar-refractivity contribution < 1.29 is 19.4 Å². The first kappa shape index (κ1) is 14.1. The van der Waals surface area contributed by atoms with E-state index in [-0.39, 0.29) is 12.1 Å². The number of urea groups is 1. The van der Waals surface area contributed by atoms with E-state index in [1.165, 1.54) is 18.2 Å². The van der Waals surface area contributed by atoms with Gasteiger partial charge in [0, 0.05) is 18.7 Å². The summed E-state index contributed by atoms with van der Waals surface area (Å²) in [7, 11) is 1.51. The number of hydrogen-bond donors (Lipinski definition) is 2. The van der Waals surface area contributed by atoms with E-state index < -0.39 is 11.9 Å². The molecule has 1 aromatic rings. The van der Waals surface area contributed by atoms with E-state index in [9.17, 15) is 9.59 Å². The summed E-state index contributed by atoms with van der Waals surface area (Å²) in [4.78, 5) is 28.7. The van der Waals surface area contributed by atoms with E-state index >= 15 is 0 Å². The molecule has 0 aromatic carbocycles. The Morgan fingerprint density at radius 1 is 1.50 bits per heavy atom. The number of carboxylic acid groups (broad SMARTS) is 1. The zero-order chi connectivity index (χ0) is 14.7. The zero-order valence-electron chi connectivity index (χ0n) is 11.4. The van der Waals surface area contributed by atoms with Crippen molar-refractivity contribution in [3.63, 3.8) is 0 Å². The molecule has 1 fully saturated rings. The molecule has 0 bridgehead atoms. The van der Waals surface area contributed by atoms with Crippen molar-refractivity contribution in [2.24, 2.45) is 5.92 Å². The third-order valence-corrected chi connectivity index (χ3v) is 3.53. The second-order valence-electron chi connectivity index (χ2n) is 4.69. The quantitative estimate of drug-likeness (QED) is 0.873. The average Bonchev–Trinajstić information content (AvgIpc) is 2.81. The van der Waals surface area contributed by atoms with Crippen LogP contribution in [0.3, 0.4) is 0 Å². The topological polar surface area (TPSA) is 91.8 Å². The van der Waals surface area contributed by atoms with E-state index in [2.05, 4.69) is 10.3 Å². The third kappa shape index (κ3) is 2.81. The maximum absolute atomic E-state index is 12.1. The van der Waals surface area contributed by atoms with Gasteiger partial charge in [-0.1, -0.05) is 0 Å². The number of pyridine rings is 1. The molecule has 2 rings (SSSR count). The van der Waals surface area contributed by atoms with Crippen LogP contribution in [-0.2, 0) is 4.79 Å². The highest BCUT2D eigenvalue weighted by Crippen LogP contribution is 2.25. The standard InChI is InChI=1S/C13H17N3O4/c1-8-10(12(17)18)5-6-16(8)13(19)15-9-3-4-11(20-2)14-7-9/h3-4,7-8,10H,5-6H2,1-2H3,(H,15,19)(H,17,18). The Morgan fingerprint density at radius 2 is 2.25 bits per heavy atom. The fourth-order valence-electron chi connectivity index (χ4n) is 2.33. The number of aliphatic carboxylic acids is 1. The fraction of sp³-hybridized carbons (Fsp3) is 0.462. The lowest BCUT2D eigenvalue weighted by molar-refractivity contribution is -0.142. The Labute approximate surface area is 116 Å². The lowest BCUT2D eigenvalue weighted by atomic mass is 10.0. The number of carbonyl (C=O) groups is 2. The molecule has 0 radical (unpaired) electrons. The molecule has 2 amide bonds. The van der Waals surface area contributed by atoms with Crippen molar-refractivity contribution in [2.75, 3.05) is 19.0 Å². The Morgan fingerprint density at radius 3 is 2.75 bits per heavy atom. The maximum Gasteiger partial charge on any atom is 0.322 e. The molecule has 1 aromatic heterocycles. The number of carbonyl (C=O) groups excluding carboxylic acids is 1. The number of rotatable bonds is 3. The first-order valence-corrected chi connectivity index (χ1v) is 6.33. The first-order chi connectivity index (χ1) is 9.52. The van der Waals surface area contributed by atoms with Crippen molar-refractivity contribution in [1.29, 1.82) is 0 Å². The van der Waals surface area contributed by atoms with Crippen molar-refractivity contribution in [1.82, 2.24) is 9.88 Å². The Kier molecular flexibility index (Phi) is 4.07. The van der Waals surface area contributed by atoms with Crippen LogP contribution in [0.2, 0.25) is 0 Å². The number of nitrogens with zero attached hydrogens (tertiary/aromatic N) is 2. The van der Waals surface area contributed by atoms with Gasteiger partial charge in [-0.25, -0.2) is 9.78 Å². The van der Waals surface area contributed by atoms with Gasteiger partial charge in [-0.05, 0) is 19.4 Å². The highest BCUT2D eigenvalue weighted by atomic mass is 16.5. The summed E-state index contributed by atoms with van der Waals surface area (Å²) in [5.74, 6) is -0.905. The molecule has 0 spiro atoms. The molecule has 2 atom stereocenters. The number of amides is 2. The maximum atomic E-state index is 12.1.